The Balaban J connectivity index is 1.94. The number of Topliss-reactive ketones (excluding diaryl/α,β-unsaturated/α-hetero) is 2. The monoisotopic (exact) mass is 330 g/mol. The number of carbonyl (C=O) groups is 2. The van der Waals surface area contributed by atoms with Gasteiger partial charge in [-0.1, -0.05) is 13.8 Å². The molecule has 130 valence electrons. The second-order valence-electron chi connectivity index (χ2n) is 8.09. The summed E-state index contributed by atoms with van der Waals surface area (Å²) in [5.74, 6) is 0.926. The van der Waals surface area contributed by atoms with Crippen LogP contribution in [-0.2, 0) is 20.4 Å². The summed E-state index contributed by atoms with van der Waals surface area (Å²) >= 11 is 0. The molecule has 1 aromatic carbocycles. The van der Waals surface area contributed by atoms with Gasteiger partial charge in [-0.3, -0.25) is 9.59 Å². The highest BCUT2D eigenvalue weighted by molar-refractivity contribution is 5.80. The summed E-state index contributed by atoms with van der Waals surface area (Å²) in [6.07, 6.45) is 4.90. The van der Waals surface area contributed by atoms with Crippen molar-refractivity contribution in [2.24, 2.45) is 0 Å². The molecule has 2 aliphatic rings. The third-order valence-corrected chi connectivity index (χ3v) is 6.24. The van der Waals surface area contributed by atoms with Gasteiger partial charge in [0.15, 0.2) is 0 Å². The fourth-order valence-electron chi connectivity index (χ4n) is 4.24. The lowest BCUT2D eigenvalue weighted by atomic mass is 9.67. The number of ketones is 2. The minimum absolute atomic E-state index is 0.192. The summed E-state index contributed by atoms with van der Waals surface area (Å²) in [6, 6.07) is 3.37. The Morgan fingerprint density at radius 1 is 0.708 bits per heavy atom. The minimum Gasteiger partial charge on any atom is -0.508 e. The van der Waals surface area contributed by atoms with Gasteiger partial charge < -0.3 is 10.2 Å². The average molecular weight is 330 g/mol. The van der Waals surface area contributed by atoms with Gasteiger partial charge in [0.2, 0.25) is 0 Å². The van der Waals surface area contributed by atoms with Crippen LogP contribution in [0.5, 0.6) is 11.5 Å². The lowest BCUT2D eigenvalue weighted by molar-refractivity contribution is -0.122. The van der Waals surface area contributed by atoms with Crippen LogP contribution in [0.15, 0.2) is 12.1 Å². The highest BCUT2D eigenvalue weighted by Crippen LogP contribution is 2.48. The predicted molar refractivity (Wildman–Crippen MR) is 91.4 cm³/mol. The molecule has 1 aromatic rings. The van der Waals surface area contributed by atoms with Gasteiger partial charge in [-0.05, 0) is 48.6 Å². The summed E-state index contributed by atoms with van der Waals surface area (Å²) in [5.41, 5.74) is 0.896. The van der Waals surface area contributed by atoms with Gasteiger partial charge in [0.1, 0.15) is 23.1 Å². The standard InChI is InChI=1S/C20H26O4/c1-19(7-3-13(21)4-8-19)15-11-18(24)16(12-17(15)23)20(2)9-5-14(22)6-10-20/h11-12,23-24H,3-10H2,1-2H3. The molecule has 0 heterocycles. The molecule has 4 nitrogen and oxygen atoms in total. The first kappa shape index (κ1) is 17.0. The van der Waals surface area contributed by atoms with Crippen molar-refractivity contribution < 1.29 is 19.8 Å². The maximum absolute atomic E-state index is 11.5. The van der Waals surface area contributed by atoms with E-state index < -0.39 is 0 Å². The van der Waals surface area contributed by atoms with Crippen molar-refractivity contribution in [1.29, 1.82) is 0 Å². The molecule has 0 bridgehead atoms. The van der Waals surface area contributed by atoms with Crippen molar-refractivity contribution in [3.8, 4) is 11.5 Å². The van der Waals surface area contributed by atoms with Crippen molar-refractivity contribution in [2.75, 3.05) is 0 Å². The van der Waals surface area contributed by atoms with Crippen molar-refractivity contribution in [2.45, 2.75) is 76.0 Å². The molecule has 0 saturated heterocycles. The first-order valence-corrected chi connectivity index (χ1v) is 8.84. The smallest absolute Gasteiger partial charge is 0.132 e. The molecule has 2 aliphatic carbocycles. The Hall–Kier alpha value is -1.84. The topological polar surface area (TPSA) is 74.6 Å². The largest absolute Gasteiger partial charge is 0.508 e. The van der Waals surface area contributed by atoms with Crippen LogP contribution in [0, 0.1) is 0 Å². The van der Waals surface area contributed by atoms with Crippen LogP contribution < -0.4 is 0 Å². The Kier molecular flexibility index (Phi) is 4.18. The second kappa shape index (κ2) is 5.91. The summed E-state index contributed by atoms with van der Waals surface area (Å²) in [5, 5.41) is 21.3. The molecule has 2 N–H and O–H groups in total. The van der Waals surface area contributed by atoms with Crippen molar-refractivity contribution in [3.63, 3.8) is 0 Å². The molecule has 0 amide bonds. The fraction of sp³-hybridized carbons (Fsp3) is 0.600. The van der Waals surface area contributed by atoms with E-state index in [0.717, 1.165) is 11.1 Å². The summed E-state index contributed by atoms with van der Waals surface area (Å²) < 4.78 is 0. The van der Waals surface area contributed by atoms with Crippen molar-refractivity contribution in [3.05, 3.63) is 23.3 Å². The molecule has 0 atom stereocenters. The number of hydrogen-bond acceptors (Lipinski definition) is 4. The zero-order valence-electron chi connectivity index (χ0n) is 14.5. The molecule has 4 heteroatoms. The number of phenols is 2. The Morgan fingerprint density at radius 3 is 1.29 bits per heavy atom. The van der Waals surface area contributed by atoms with Gasteiger partial charge in [-0.15, -0.1) is 0 Å². The van der Waals surface area contributed by atoms with E-state index in [0.29, 0.717) is 51.4 Å². The number of aromatic hydroxyl groups is 2. The van der Waals surface area contributed by atoms with Crippen LogP contribution in [-0.4, -0.2) is 21.8 Å². The third kappa shape index (κ3) is 2.94. The molecule has 0 radical (unpaired) electrons. The van der Waals surface area contributed by atoms with Crippen molar-refractivity contribution in [1.82, 2.24) is 0 Å². The molecule has 3 rings (SSSR count). The number of rotatable bonds is 2. The molecular formula is C20H26O4. The molecule has 24 heavy (non-hydrogen) atoms. The fourth-order valence-corrected chi connectivity index (χ4v) is 4.24. The Bertz CT molecular complexity index is 609. The van der Waals surface area contributed by atoms with E-state index >= 15 is 0 Å². The highest BCUT2D eigenvalue weighted by atomic mass is 16.3. The number of hydrogen-bond donors (Lipinski definition) is 2. The van der Waals surface area contributed by atoms with Crippen LogP contribution in [0.1, 0.15) is 76.3 Å². The van der Waals surface area contributed by atoms with Gasteiger partial charge in [0.05, 0.1) is 0 Å². The van der Waals surface area contributed by atoms with Crippen LogP contribution in [0.25, 0.3) is 0 Å². The third-order valence-electron chi connectivity index (χ3n) is 6.24. The van der Waals surface area contributed by atoms with E-state index in [4.69, 9.17) is 0 Å². The van der Waals surface area contributed by atoms with Crippen molar-refractivity contribution >= 4 is 11.6 Å². The highest BCUT2D eigenvalue weighted by Gasteiger charge is 2.38. The molecule has 2 saturated carbocycles. The van der Waals surface area contributed by atoms with Gasteiger partial charge >= 0.3 is 0 Å². The average Bonchev–Trinajstić information content (AvgIpc) is 2.55. The first-order valence-electron chi connectivity index (χ1n) is 8.84. The zero-order valence-corrected chi connectivity index (χ0v) is 14.5. The van der Waals surface area contributed by atoms with E-state index in [2.05, 4.69) is 13.8 Å². The quantitative estimate of drug-likeness (QED) is 0.807. The maximum Gasteiger partial charge on any atom is 0.132 e. The molecule has 0 aromatic heterocycles. The summed E-state index contributed by atoms with van der Waals surface area (Å²) in [6.45, 7) is 4.10. The molecular weight excluding hydrogens is 304 g/mol. The van der Waals surface area contributed by atoms with E-state index in [1.807, 2.05) is 0 Å². The Labute approximate surface area is 142 Å². The predicted octanol–water partition coefficient (Wildman–Crippen LogP) is 3.90. The molecule has 0 spiro atoms. The van der Waals surface area contributed by atoms with Gasteiger partial charge in [-0.2, -0.15) is 0 Å². The van der Waals surface area contributed by atoms with Gasteiger partial charge in [0, 0.05) is 36.8 Å². The summed E-state index contributed by atoms with van der Waals surface area (Å²) in [7, 11) is 0. The van der Waals surface area contributed by atoms with E-state index in [-0.39, 0.29) is 33.9 Å². The van der Waals surface area contributed by atoms with Crippen LogP contribution in [0.3, 0.4) is 0 Å². The normalized spacial score (nSPS) is 23.2. The number of benzene rings is 1. The van der Waals surface area contributed by atoms with E-state index in [1.165, 1.54) is 0 Å². The lowest BCUT2D eigenvalue weighted by Gasteiger charge is -2.37. The van der Waals surface area contributed by atoms with Crippen LogP contribution in [0.4, 0.5) is 0 Å². The first-order chi connectivity index (χ1) is 11.2. The van der Waals surface area contributed by atoms with Gasteiger partial charge in [0.25, 0.3) is 0 Å². The van der Waals surface area contributed by atoms with E-state index in [1.54, 1.807) is 12.1 Å². The molecule has 0 unspecified atom stereocenters. The van der Waals surface area contributed by atoms with E-state index in [9.17, 15) is 19.8 Å². The second-order valence-corrected chi connectivity index (χ2v) is 8.09. The number of carbonyl (C=O) groups excluding carboxylic acids is 2. The van der Waals surface area contributed by atoms with Crippen LogP contribution >= 0.6 is 0 Å². The lowest BCUT2D eigenvalue weighted by Crippen LogP contribution is -2.30. The zero-order chi connectivity index (χ0) is 17.5. The molecule has 0 aliphatic heterocycles. The van der Waals surface area contributed by atoms with Gasteiger partial charge in [-0.25, -0.2) is 0 Å². The SMILES string of the molecule is CC1(c2cc(O)c(C3(C)CCC(=O)CC3)cc2O)CCC(=O)CC1. The Morgan fingerprint density at radius 2 is 1.00 bits per heavy atom. The summed E-state index contributed by atoms with van der Waals surface area (Å²) in [4.78, 5) is 23.0. The molecule has 2 fully saturated rings. The maximum atomic E-state index is 11.5. The van der Waals surface area contributed by atoms with Crippen LogP contribution in [0.2, 0.25) is 0 Å². The number of phenolic OH excluding ortho intramolecular Hbond substituents is 2. The minimum atomic E-state index is -0.280.